The number of urea groups is 1. The summed E-state index contributed by atoms with van der Waals surface area (Å²) in [6, 6.07) is 17.2. The van der Waals surface area contributed by atoms with Gasteiger partial charge in [0.05, 0.1) is 12.7 Å². The SMILES string of the molecule is COC(=O)c1cccc(NC(=O)NC[C@@H]2C[C@@H](Cc3ccccc3)CCN2)c1. The molecule has 0 unspecified atom stereocenters. The third-order valence-corrected chi connectivity index (χ3v) is 5.02. The molecular formula is C22H27N3O3. The summed E-state index contributed by atoms with van der Waals surface area (Å²) in [5.74, 6) is 0.190. The van der Waals surface area contributed by atoms with Crippen LogP contribution in [0.5, 0.6) is 0 Å². The van der Waals surface area contributed by atoms with Gasteiger partial charge in [-0.2, -0.15) is 0 Å². The highest BCUT2D eigenvalue weighted by molar-refractivity contribution is 5.93. The molecule has 1 aliphatic rings. The van der Waals surface area contributed by atoms with Crippen molar-refractivity contribution in [2.24, 2.45) is 5.92 Å². The van der Waals surface area contributed by atoms with Crippen LogP contribution in [-0.2, 0) is 11.2 Å². The number of piperidine rings is 1. The Morgan fingerprint density at radius 1 is 1.14 bits per heavy atom. The Kier molecular flexibility index (Phi) is 7.03. The Morgan fingerprint density at radius 3 is 2.75 bits per heavy atom. The van der Waals surface area contributed by atoms with Crippen molar-refractivity contribution in [1.29, 1.82) is 0 Å². The van der Waals surface area contributed by atoms with E-state index in [0.29, 0.717) is 23.7 Å². The van der Waals surface area contributed by atoms with E-state index in [1.165, 1.54) is 12.7 Å². The molecule has 1 fully saturated rings. The number of benzene rings is 2. The molecule has 0 spiro atoms. The first-order valence-electron chi connectivity index (χ1n) is 9.64. The standard InChI is InChI=1S/C22H27N3O3/c1-28-21(26)18-8-5-9-19(14-18)25-22(27)24-15-20-13-17(10-11-23-20)12-16-6-3-2-4-7-16/h2-9,14,17,20,23H,10-13,15H2,1H3,(H2,24,25,27)/t17-,20+/m1/s1. The van der Waals surface area contributed by atoms with Gasteiger partial charge >= 0.3 is 12.0 Å². The molecule has 2 aromatic rings. The van der Waals surface area contributed by atoms with Crippen LogP contribution >= 0.6 is 0 Å². The first kappa shape index (κ1) is 19.9. The molecule has 1 heterocycles. The van der Waals surface area contributed by atoms with Crippen LogP contribution in [-0.4, -0.2) is 38.2 Å². The molecule has 0 radical (unpaired) electrons. The van der Waals surface area contributed by atoms with E-state index in [1.54, 1.807) is 24.3 Å². The number of methoxy groups -OCH3 is 1. The molecule has 0 aromatic heterocycles. The normalized spacial score (nSPS) is 18.9. The number of amides is 2. The predicted molar refractivity (Wildman–Crippen MR) is 109 cm³/mol. The molecule has 0 bridgehead atoms. The summed E-state index contributed by atoms with van der Waals surface area (Å²) in [5.41, 5.74) is 2.32. The zero-order chi connectivity index (χ0) is 19.8. The Hall–Kier alpha value is -2.86. The summed E-state index contributed by atoms with van der Waals surface area (Å²) < 4.78 is 4.70. The van der Waals surface area contributed by atoms with E-state index in [-0.39, 0.29) is 12.1 Å². The molecule has 6 nitrogen and oxygen atoms in total. The van der Waals surface area contributed by atoms with Gasteiger partial charge in [0.1, 0.15) is 0 Å². The largest absolute Gasteiger partial charge is 0.465 e. The topological polar surface area (TPSA) is 79.5 Å². The highest BCUT2D eigenvalue weighted by atomic mass is 16.5. The third kappa shape index (κ3) is 5.82. The van der Waals surface area contributed by atoms with Gasteiger partial charge in [0.2, 0.25) is 0 Å². The Labute approximate surface area is 165 Å². The Morgan fingerprint density at radius 2 is 1.96 bits per heavy atom. The van der Waals surface area contributed by atoms with Crippen LogP contribution in [0.1, 0.15) is 28.8 Å². The third-order valence-electron chi connectivity index (χ3n) is 5.02. The molecule has 6 heteroatoms. The fourth-order valence-electron chi connectivity index (χ4n) is 3.62. The number of rotatable bonds is 6. The molecule has 148 valence electrons. The number of carbonyl (C=O) groups is 2. The minimum Gasteiger partial charge on any atom is -0.465 e. The van der Waals surface area contributed by atoms with E-state index < -0.39 is 5.97 Å². The quantitative estimate of drug-likeness (QED) is 0.672. The summed E-state index contributed by atoms with van der Waals surface area (Å²) in [7, 11) is 1.33. The van der Waals surface area contributed by atoms with Gasteiger partial charge in [-0.05, 0) is 55.5 Å². The van der Waals surface area contributed by atoms with Crippen LogP contribution in [0.2, 0.25) is 0 Å². The number of carbonyl (C=O) groups excluding carboxylic acids is 2. The van der Waals surface area contributed by atoms with Crippen molar-refractivity contribution in [3.63, 3.8) is 0 Å². The van der Waals surface area contributed by atoms with Crippen molar-refractivity contribution in [2.75, 3.05) is 25.5 Å². The molecule has 1 saturated heterocycles. The van der Waals surface area contributed by atoms with Crippen LogP contribution in [0.15, 0.2) is 54.6 Å². The molecular weight excluding hydrogens is 354 g/mol. The van der Waals surface area contributed by atoms with E-state index in [2.05, 4.69) is 40.2 Å². The van der Waals surface area contributed by atoms with Crippen molar-refractivity contribution in [2.45, 2.75) is 25.3 Å². The molecule has 0 aliphatic carbocycles. The number of anilines is 1. The van der Waals surface area contributed by atoms with Crippen LogP contribution < -0.4 is 16.0 Å². The molecule has 28 heavy (non-hydrogen) atoms. The smallest absolute Gasteiger partial charge is 0.337 e. The fraction of sp³-hybridized carbons (Fsp3) is 0.364. The van der Waals surface area contributed by atoms with Gasteiger partial charge in [-0.3, -0.25) is 0 Å². The molecule has 3 rings (SSSR count). The first-order chi connectivity index (χ1) is 13.6. The second-order valence-electron chi connectivity index (χ2n) is 7.14. The van der Waals surface area contributed by atoms with Gasteiger partial charge in [-0.25, -0.2) is 9.59 Å². The van der Waals surface area contributed by atoms with E-state index in [0.717, 1.165) is 25.8 Å². The minimum absolute atomic E-state index is 0.259. The maximum atomic E-state index is 12.2. The van der Waals surface area contributed by atoms with Crippen molar-refractivity contribution in [1.82, 2.24) is 10.6 Å². The van der Waals surface area contributed by atoms with Gasteiger partial charge in [0.25, 0.3) is 0 Å². The lowest BCUT2D eigenvalue weighted by Crippen LogP contribution is -2.47. The van der Waals surface area contributed by atoms with Gasteiger partial charge in [-0.1, -0.05) is 36.4 Å². The number of ether oxygens (including phenoxy) is 1. The van der Waals surface area contributed by atoms with Gasteiger partial charge in [0.15, 0.2) is 0 Å². The fourth-order valence-corrected chi connectivity index (χ4v) is 3.62. The summed E-state index contributed by atoms with van der Waals surface area (Å²) in [6.07, 6.45) is 3.26. The van der Waals surface area contributed by atoms with Crippen molar-refractivity contribution in [3.8, 4) is 0 Å². The van der Waals surface area contributed by atoms with E-state index in [1.807, 2.05) is 6.07 Å². The van der Waals surface area contributed by atoms with Crippen molar-refractivity contribution < 1.29 is 14.3 Å². The zero-order valence-electron chi connectivity index (χ0n) is 16.1. The lowest BCUT2D eigenvalue weighted by Gasteiger charge is -2.30. The summed E-state index contributed by atoms with van der Waals surface area (Å²) in [4.78, 5) is 23.8. The second kappa shape index (κ2) is 9.90. The van der Waals surface area contributed by atoms with Crippen molar-refractivity contribution >= 4 is 17.7 Å². The predicted octanol–water partition coefficient (Wildman–Crippen LogP) is 3.21. The van der Waals surface area contributed by atoms with Gasteiger partial charge < -0.3 is 20.7 Å². The monoisotopic (exact) mass is 381 g/mol. The van der Waals surface area contributed by atoms with Crippen LogP contribution in [0.25, 0.3) is 0 Å². The van der Waals surface area contributed by atoms with Gasteiger partial charge in [0, 0.05) is 18.3 Å². The number of nitrogens with one attached hydrogen (secondary N) is 3. The first-order valence-corrected chi connectivity index (χ1v) is 9.64. The highest BCUT2D eigenvalue weighted by Crippen LogP contribution is 2.21. The van der Waals surface area contributed by atoms with Crippen molar-refractivity contribution in [3.05, 3.63) is 65.7 Å². The molecule has 1 aliphatic heterocycles. The van der Waals surface area contributed by atoms with E-state index >= 15 is 0 Å². The Bertz CT molecular complexity index is 795. The maximum absolute atomic E-state index is 12.2. The average molecular weight is 381 g/mol. The minimum atomic E-state index is -0.431. The molecule has 2 amide bonds. The average Bonchev–Trinajstić information content (AvgIpc) is 2.73. The summed E-state index contributed by atoms with van der Waals surface area (Å²) in [5, 5.41) is 9.17. The maximum Gasteiger partial charge on any atom is 0.337 e. The van der Waals surface area contributed by atoms with Gasteiger partial charge in [-0.15, -0.1) is 0 Å². The summed E-state index contributed by atoms with van der Waals surface area (Å²) in [6.45, 7) is 1.53. The van der Waals surface area contributed by atoms with Crippen LogP contribution in [0.3, 0.4) is 0 Å². The van der Waals surface area contributed by atoms with Crippen LogP contribution in [0.4, 0.5) is 10.5 Å². The molecule has 2 aromatic carbocycles. The number of hydrogen-bond donors (Lipinski definition) is 3. The molecule has 2 atom stereocenters. The highest BCUT2D eigenvalue weighted by Gasteiger charge is 2.22. The van der Waals surface area contributed by atoms with E-state index in [9.17, 15) is 9.59 Å². The second-order valence-corrected chi connectivity index (χ2v) is 7.14. The van der Waals surface area contributed by atoms with Crippen LogP contribution in [0, 0.1) is 5.92 Å². The number of esters is 1. The summed E-state index contributed by atoms with van der Waals surface area (Å²) >= 11 is 0. The van der Waals surface area contributed by atoms with E-state index in [4.69, 9.17) is 4.74 Å². The zero-order valence-corrected chi connectivity index (χ0v) is 16.1. The molecule has 3 N–H and O–H groups in total. The lowest BCUT2D eigenvalue weighted by atomic mass is 9.87. The lowest BCUT2D eigenvalue weighted by molar-refractivity contribution is 0.0600. The number of hydrogen-bond acceptors (Lipinski definition) is 4. The molecule has 0 saturated carbocycles. The Balaban J connectivity index is 1.46.